The average molecular weight is 343 g/mol. The van der Waals surface area contributed by atoms with Gasteiger partial charge in [0.05, 0.1) is 0 Å². The Morgan fingerprint density at radius 2 is 1.32 bits per heavy atom. The summed E-state index contributed by atoms with van der Waals surface area (Å²) in [7, 11) is 0. The topological polar surface area (TPSA) is 6.48 Å². The van der Waals surface area contributed by atoms with E-state index in [2.05, 4.69) is 66.4 Å². The van der Waals surface area contributed by atoms with E-state index in [0.717, 1.165) is 6.54 Å². The summed E-state index contributed by atoms with van der Waals surface area (Å²) in [5.41, 5.74) is 1.31. The van der Waals surface area contributed by atoms with Gasteiger partial charge in [-0.05, 0) is 31.9 Å². The van der Waals surface area contributed by atoms with E-state index >= 15 is 0 Å². The van der Waals surface area contributed by atoms with E-state index in [9.17, 15) is 0 Å². The van der Waals surface area contributed by atoms with E-state index in [1.54, 1.807) is 0 Å². The lowest BCUT2D eigenvalue weighted by atomic mass is 10.0. The molecule has 1 heterocycles. The molecule has 0 spiro atoms. The maximum absolute atomic E-state index is 2.47. The van der Waals surface area contributed by atoms with Gasteiger partial charge in [-0.15, -0.1) is 0 Å². The highest BCUT2D eigenvalue weighted by atomic mass is 15.4. The number of rotatable bonds is 13. The van der Waals surface area contributed by atoms with Crippen molar-refractivity contribution in [1.82, 2.24) is 4.90 Å². The lowest BCUT2D eigenvalue weighted by Gasteiger charge is -2.32. The average Bonchev–Trinajstić information content (AvgIpc) is 3.07. The normalized spacial score (nSPS) is 16.8. The van der Waals surface area contributed by atoms with Gasteiger partial charge in [0.25, 0.3) is 0 Å². The highest BCUT2D eigenvalue weighted by Gasteiger charge is 2.25. The van der Waals surface area contributed by atoms with Crippen LogP contribution < -0.4 is 4.90 Å². The SMILES string of the molecule is CCCCCCCCCCCCC1N(CC)C=CN1c1ccccc1. The van der Waals surface area contributed by atoms with Gasteiger partial charge in [-0.3, -0.25) is 0 Å². The maximum Gasteiger partial charge on any atom is 0.105 e. The first-order valence-electron chi connectivity index (χ1n) is 10.6. The third-order valence-corrected chi connectivity index (χ3v) is 5.36. The fourth-order valence-corrected chi connectivity index (χ4v) is 3.81. The Labute approximate surface area is 155 Å². The molecular weight excluding hydrogens is 304 g/mol. The first-order valence-corrected chi connectivity index (χ1v) is 10.6. The van der Waals surface area contributed by atoms with Crippen molar-refractivity contribution in [3.05, 3.63) is 42.7 Å². The molecule has 0 fully saturated rings. The number of hydrogen-bond acceptors (Lipinski definition) is 2. The second kappa shape index (κ2) is 12.0. The Bertz CT molecular complexity index is 468. The third kappa shape index (κ3) is 6.76. The Hall–Kier alpha value is -1.44. The number of nitrogens with zero attached hydrogens (tertiary/aromatic N) is 2. The van der Waals surface area contributed by atoms with Crippen LogP contribution >= 0.6 is 0 Å². The van der Waals surface area contributed by atoms with Crippen molar-refractivity contribution in [1.29, 1.82) is 0 Å². The minimum absolute atomic E-state index is 0.501. The molecule has 1 aromatic carbocycles. The van der Waals surface area contributed by atoms with E-state index in [1.807, 2.05) is 0 Å². The van der Waals surface area contributed by atoms with Gasteiger partial charge in [-0.25, -0.2) is 0 Å². The van der Waals surface area contributed by atoms with Crippen molar-refractivity contribution in [3.63, 3.8) is 0 Å². The molecule has 2 heteroatoms. The smallest absolute Gasteiger partial charge is 0.105 e. The van der Waals surface area contributed by atoms with Crippen LogP contribution in [0.4, 0.5) is 5.69 Å². The zero-order valence-electron chi connectivity index (χ0n) is 16.5. The molecule has 1 aliphatic rings. The van der Waals surface area contributed by atoms with Crippen LogP contribution in [0, 0.1) is 0 Å². The molecule has 0 amide bonds. The number of hydrogen-bond donors (Lipinski definition) is 0. The van der Waals surface area contributed by atoms with E-state index < -0.39 is 0 Å². The van der Waals surface area contributed by atoms with Crippen molar-refractivity contribution in [3.8, 4) is 0 Å². The van der Waals surface area contributed by atoms with Crippen molar-refractivity contribution in [2.45, 2.75) is 90.6 Å². The molecule has 0 saturated carbocycles. The molecule has 140 valence electrons. The van der Waals surface area contributed by atoms with Crippen LogP contribution in [0.15, 0.2) is 42.7 Å². The summed E-state index contributed by atoms with van der Waals surface area (Å²) in [4.78, 5) is 4.91. The Balaban J connectivity index is 1.63. The Morgan fingerprint density at radius 3 is 1.92 bits per heavy atom. The van der Waals surface area contributed by atoms with Crippen LogP contribution in [0.3, 0.4) is 0 Å². The first kappa shape index (κ1) is 19.9. The molecule has 1 aromatic rings. The summed E-state index contributed by atoms with van der Waals surface area (Å²) in [5, 5.41) is 0. The van der Waals surface area contributed by atoms with Gasteiger partial charge in [0.1, 0.15) is 6.17 Å². The van der Waals surface area contributed by atoms with Gasteiger partial charge in [-0.1, -0.05) is 82.9 Å². The Morgan fingerprint density at radius 1 is 0.720 bits per heavy atom. The molecule has 0 radical (unpaired) electrons. The zero-order chi connectivity index (χ0) is 17.7. The molecule has 0 bridgehead atoms. The van der Waals surface area contributed by atoms with Crippen molar-refractivity contribution >= 4 is 5.69 Å². The van der Waals surface area contributed by atoms with Crippen LogP contribution in [0.1, 0.15) is 84.5 Å². The highest BCUT2D eigenvalue weighted by Crippen LogP contribution is 2.27. The van der Waals surface area contributed by atoms with Gasteiger partial charge in [0.15, 0.2) is 0 Å². The van der Waals surface area contributed by atoms with Crippen LogP contribution in [-0.4, -0.2) is 17.6 Å². The van der Waals surface area contributed by atoms with Gasteiger partial charge in [-0.2, -0.15) is 0 Å². The largest absolute Gasteiger partial charge is 0.356 e. The molecule has 1 unspecified atom stereocenters. The fourth-order valence-electron chi connectivity index (χ4n) is 3.81. The van der Waals surface area contributed by atoms with Crippen LogP contribution in [0.25, 0.3) is 0 Å². The summed E-state index contributed by atoms with van der Waals surface area (Å²) >= 11 is 0. The fraction of sp³-hybridized carbons (Fsp3) is 0.652. The predicted octanol–water partition coefficient (Wildman–Crippen LogP) is 6.94. The quantitative estimate of drug-likeness (QED) is 0.358. The standard InChI is InChI=1S/C23H38N2/c1-3-5-6-7-8-9-10-11-12-16-19-23-24(4-2)20-21-25(23)22-17-14-13-15-18-22/h13-15,17-18,20-21,23H,3-12,16,19H2,1-2H3. The molecule has 0 saturated heterocycles. The minimum atomic E-state index is 0.501. The summed E-state index contributed by atoms with van der Waals surface area (Å²) < 4.78 is 0. The van der Waals surface area contributed by atoms with Crippen molar-refractivity contribution in [2.24, 2.45) is 0 Å². The molecule has 1 aliphatic heterocycles. The molecule has 2 nitrogen and oxygen atoms in total. The van der Waals surface area contributed by atoms with Crippen molar-refractivity contribution in [2.75, 3.05) is 11.4 Å². The van der Waals surface area contributed by atoms with Crippen LogP contribution in [0.2, 0.25) is 0 Å². The molecule has 2 rings (SSSR count). The molecule has 0 aromatic heterocycles. The van der Waals surface area contributed by atoms with E-state index in [4.69, 9.17) is 0 Å². The van der Waals surface area contributed by atoms with Gasteiger partial charge >= 0.3 is 0 Å². The molecule has 25 heavy (non-hydrogen) atoms. The van der Waals surface area contributed by atoms with E-state index in [-0.39, 0.29) is 0 Å². The number of unbranched alkanes of at least 4 members (excludes halogenated alkanes) is 9. The van der Waals surface area contributed by atoms with Gasteiger partial charge in [0.2, 0.25) is 0 Å². The minimum Gasteiger partial charge on any atom is -0.356 e. The summed E-state index contributed by atoms with van der Waals surface area (Å²) in [6, 6.07) is 10.8. The monoisotopic (exact) mass is 342 g/mol. The zero-order valence-corrected chi connectivity index (χ0v) is 16.5. The molecule has 0 aliphatic carbocycles. The number of anilines is 1. The summed E-state index contributed by atoms with van der Waals surface area (Å²) in [6.45, 7) is 5.63. The van der Waals surface area contributed by atoms with E-state index in [0.29, 0.717) is 6.17 Å². The second-order valence-electron chi connectivity index (χ2n) is 7.32. The lowest BCUT2D eigenvalue weighted by Crippen LogP contribution is -2.38. The summed E-state index contributed by atoms with van der Waals surface area (Å²) in [6.07, 6.45) is 20.3. The summed E-state index contributed by atoms with van der Waals surface area (Å²) in [5.74, 6) is 0. The van der Waals surface area contributed by atoms with Crippen molar-refractivity contribution < 1.29 is 0 Å². The maximum atomic E-state index is 2.47. The number of para-hydroxylation sites is 1. The lowest BCUT2D eigenvalue weighted by molar-refractivity contribution is 0.291. The number of benzene rings is 1. The third-order valence-electron chi connectivity index (χ3n) is 5.36. The van der Waals surface area contributed by atoms with Crippen LogP contribution in [0.5, 0.6) is 0 Å². The van der Waals surface area contributed by atoms with Gasteiger partial charge < -0.3 is 9.80 Å². The van der Waals surface area contributed by atoms with E-state index in [1.165, 1.54) is 76.3 Å². The predicted molar refractivity (Wildman–Crippen MR) is 111 cm³/mol. The molecular formula is C23H38N2. The van der Waals surface area contributed by atoms with Crippen LogP contribution in [-0.2, 0) is 0 Å². The Kier molecular flexibility index (Phi) is 9.54. The molecule has 1 atom stereocenters. The van der Waals surface area contributed by atoms with Gasteiger partial charge in [0, 0.05) is 24.6 Å². The first-order chi connectivity index (χ1) is 12.4. The second-order valence-corrected chi connectivity index (χ2v) is 7.32. The molecule has 0 N–H and O–H groups in total. The highest BCUT2D eigenvalue weighted by molar-refractivity contribution is 5.51.